The van der Waals surface area contributed by atoms with Gasteiger partial charge in [0.2, 0.25) is 0 Å². The largest absolute Gasteiger partial charge is 0.369 e. The fourth-order valence-corrected chi connectivity index (χ4v) is 1.95. The Bertz CT molecular complexity index is 510. The van der Waals surface area contributed by atoms with E-state index in [2.05, 4.69) is 47.6 Å². The van der Waals surface area contributed by atoms with Gasteiger partial charge in [0.05, 0.1) is 0 Å². The van der Waals surface area contributed by atoms with Crippen LogP contribution in [0.2, 0.25) is 0 Å². The van der Waals surface area contributed by atoms with Gasteiger partial charge in [-0.1, -0.05) is 31.2 Å². The van der Waals surface area contributed by atoms with Crippen LogP contribution in [-0.2, 0) is 0 Å². The molecular weight excluding hydrogens is 196 g/mol. The molecule has 1 heterocycles. The lowest BCUT2D eigenvalue weighted by atomic mass is 10.1. The first kappa shape index (κ1) is 9.64. The maximum Gasteiger partial charge on any atom is 0.133 e. The molecule has 1 aromatic heterocycles. The summed E-state index contributed by atoms with van der Waals surface area (Å²) in [5.41, 5.74) is 0.513. The van der Waals surface area contributed by atoms with Crippen molar-refractivity contribution < 1.29 is 0 Å². The summed E-state index contributed by atoms with van der Waals surface area (Å²) >= 11 is 0. The molecule has 1 aliphatic rings. The molecule has 1 aromatic carbocycles. The minimum atomic E-state index is 0.513. The molecule has 1 saturated carbocycles. The van der Waals surface area contributed by atoms with Crippen LogP contribution >= 0.6 is 0 Å². The van der Waals surface area contributed by atoms with Crippen molar-refractivity contribution in [3.63, 3.8) is 0 Å². The number of nitrogens with one attached hydrogen (secondary N) is 1. The lowest BCUT2D eigenvalue weighted by Gasteiger charge is -2.12. The van der Waals surface area contributed by atoms with Gasteiger partial charge in [0.15, 0.2) is 0 Å². The van der Waals surface area contributed by atoms with Crippen molar-refractivity contribution >= 4 is 16.6 Å². The van der Waals surface area contributed by atoms with Crippen molar-refractivity contribution in [1.82, 2.24) is 4.98 Å². The zero-order valence-electron chi connectivity index (χ0n) is 9.53. The molecule has 1 aliphatic carbocycles. The highest BCUT2D eigenvalue weighted by Crippen LogP contribution is 2.44. The Morgan fingerprint density at radius 2 is 2.06 bits per heavy atom. The first-order valence-electron chi connectivity index (χ1n) is 5.85. The SMILES string of the molecule is CC1(CNc2nccc3ccccc23)CC1. The third-order valence-electron chi connectivity index (χ3n) is 3.46. The zero-order valence-corrected chi connectivity index (χ0v) is 9.53. The van der Waals surface area contributed by atoms with Crippen molar-refractivity contribution in [3.05, 3.63) is 36.5 Å². The highest BCUT2D eigenvalue weighted by atomic mass is 15.0. The third-order valence-corrected chi connectivity index (χ3v) is 3.46. The van der Waals surface area contributed by atoms with E-state index in [0.717, 1.165) is 12.4 Å². The van der Waals surface area contributed by atoms with Crippen molar-refractivity contribution in [2.24, 2.45) is 5.41 Å². The second-order valence-electron chi connectivity index (χ2n) is 5.04. The molecule has 0 saturated heterocycles. The predicted molar refractivity (Wildman–Crippen MR) is 67.6 cm³/mol. The molecule has 2 aromatic rings. The summed E-state index contributed by atoms with van der Waals surface area (Å²) in [6, 6.07) is 10.4. The van der Waals surface area contributed by atoms with Crippen LogP contribution in [0.1, 0.15) is 19.8 Å². The topological polar surface area (TPSA) is 24.9 Å². The van der Waals surface area contributed by atoms with Crippen LogP contribution in [0.3, 0.4) is 0 Å². The van der Waals surface area contributed by atoms with Gasteiger partial charge < -0.3 is 5.32 Å². The number of aromatic nitrogens is 1. The van der Waals surface area contributed by atoms with E-state index in [-0.39, 0.29) is 0 Å². The number of hydrogen-bond acceptors (Lipinski definition) is 2. The molecule has 0 unspecified atom stereocenters. The number of rotatable bonds is 3. The molecule has 3 rings (SSSR count). The van der Waals surface area contributed by atoms with E-state index in [1.165, 1.54) is 23.6 Å². The van der Waals surface area contributed by atoms with Crippen molar-refractivity contribution in [1.29, 1.82) is 0 Å². The monoisotopic (exact) mass is 212 g/mol. The summed E-state index contributed by atoms with van der Waals surface area (Å²) < 4.78 is 0. The summed E-state index contributed by atoms with van der Waals surface area (Å²) in [6.07, 6.45) is 4.55. The molecule has 0 radical (unpaired) electrons. The van der Waals surface area contributed by atoms with Crippen LogP contribution in [0.15, 0.2) is 36.5 Å². The first-order chi connectivity index (χ1) is 7.77. The molecule has 0 bridgehead atoms. The van der Waals surface area contributed by atoms with E-state index in [0.29, 0.717) is 5.41 Å². The Hall–Kier alpha value is -1.57. The van der Waals surface area contributed by atoms with Crippen LogP contribution in [0.5, 0.6) is 0 Å². The highest BCUT2D eigenvalue weighted by Gasteiger charge is 2.36. The fourth-order valence-electron chi connectivity index (χ4n) is 1.95. The van der Waals surface area contributed by atoms with Gasteiger partial charge in [-0.2, -0.15) is 0 Å². The standard InChI is InChI=1S/C14H16N2/c1-14(7-8-14)10-16-13-12-5-3-2-4-11(12)6-9-15-13/h2-6,9H,7-8,10H2,1H3,(H,15,16). The Morgan fingerprint density at radius 3 is 2.88 bits per heavy atom. The smallest absolute Gasteiger partial charge is 0.133 e. The van der Waals surface area contributed by atoms with Crippen molar-refractivity contribution in [2.45, 2.75) is 19.8 Å². The number of pyridine rings is 1. The highest BCUT2D eigenvalue weighted by molar-refractivity contribution is 5.91. The number of fused-ring (bicyclic) bond motifs is 1. The molecule has 1 N–H and O–H groups in total. The number of benzene rings is 1. The van der Waals surface area contributed by atoms with Crippen LogP contribution in [-0.4, -0.2) is 11.5 Å². The second kappa shape index (κ2) is 3.48. The number of nitrogens with zero attached hydrogens (tertiary/aromatic N) is 1. The molecule has 0 aliphatic heterocycles. The normalized spacial score (nSPS) is 17.3. The summed E-state index contributed by atoms with van der Waals surface area (Å²) in [4.78, 5) is 4.43. The van der Waals surface area contributed by atoms with E-state index >= 15 is 0 Å². The molecule has 1 fully saturated rings. The predicted octanol–water partition coefficient (Wildman–Crippen LogP) is 3.45. The molecule has 0 spiro atoms. The van der Waals surface area contributed by atoms with Gasteiger partial charge in [-0.15, -0.1) is 0 Å². The van der Waals surface area contributed by atoms with Crippen LogP contribution in [0.25, 0.3) is 10.8 Å². The van der Waals surface area contributed by atoms with E-state index in [4.69, 9.17) is 0 Å². The minimum Gasteiger partial charge on any atom is -0.369 e. The first-order valence-corrected chi connectivity index (χ1v) is 5.85. The van der Waals surface area contributed by atoms with Crippen molar-refractivity contribution in [2.75, 3.05) is 11.9 Å². The van der Waals surface area contributed by atoms with E-state index in [1.54, 1.807) is 0 Å². The van der Waals surface area contributed by atoms with Crippen LogP contribution in [0.4, 0.5) is 5.82 Å². The number of anilines is 1. The number of hydrogen-bond donors (Lipinski definition) is 1. The van der Waals surface area contributed by atoms with Gasteiger partial charge in [0.1, 0.15) is 5.82 Å². The van der Waals surface area contributed by atoms with Gasteiger partial charge in [-0.05, 0) is 29.7 Å². The van der Waals surface area contributed by atoms with Gasteiger partial charge in [0.25, 0.3) is 0 Å². The molecule has 2 nitrogen and oxygen atoms in total. The summed E-state index contributed by atoms with van der Waals surface area (Å²) in [6.45, 7) is 3.36. The summed E-state index contributed by atoms with van der Waals surface area (Å²) in [5.74, 6) is 1.02. The van der Waals surface area contributed by atoms with Crippen LogP contribution in [0, 0.1) is 5.41 Å². The molecule has 0 atom stereocenters. The van der Waals surface area contributed by atoms with E-state index in [1.807, 2.05) is 6.20 Å². The summed E-state index contributed by atoms with van der Waals surface area (Å²) in [7, 11) is 0. The minimum absolute atomic E-state index is 0.513. The zero-order chi connectivity index (χ0) is 11.0. The van der Waals surface area contributed by atoms with Crippen molar-refractivity contribution in [3.8, 4) is 0 Å². The lowest BCUT2D eigenvalue weighted by Crippen LogP contribution is -2.12. The Morgan fingerprint density at radius 1 is 1.25 bits per heavy atom. The fraction of sp³-hybridized carbons (Fsp3) is 0.357. The third kappa shape index (κ3) is 1.75. The van der Waals surface area contributed by atoms with Gasteiger partial charge >= 0.3 is 0 Å². The Balaban J connectivity index is 1.90. The summed E-state index contributed by atoms with van der Waals surface area (Å²) in [5, 5.41) is 5.95. The molecule has 2 heteroatoms. The Kier molecular flexibility index (Phi) is 2.10. The molecular formula is C14H16N2. The lowest BCUT2D eigenvalue weighted by molar-refractivity contribution is 0.610. The molecule has 82 valence electrons. The second-order valence-corrected chi connectivity index (χ2v) is 5.04. The van der Waals surface area contributed by atoms with Gasteiger partial charge in [0, 0.05) is 18.1 Å². The maximum absolute atomic E-state index is 4.43. The Labute approximate surface area is 95.7 Å². The van der Waals surface area contributed by atoms with Gasteiger partial charge in [-0.3, -0.25) is 0 Å². The van der Waals surface area contributed by atoms with E-state index in [9.17, 15) is 0 Å². The maximum atomic E-state index is 4.43. The average molecular weight is 212 g/mol. The molecule has 16 heavy (non-hydrogen) atoms. The van der Waals surface area contributed by atoms with Gasteiger partial charge in [-0.25, -0.2) is 4.98 Å². The van der Waals surface area contributed by atoms with E-state index < -0.39 is 0 Å². The average Bonchev–Trinajstić information content (AvgIpc) is 3.05. The molecule has 0 amide bonds. The quantitative estimate of drug-likeness (QED) is 0.843. The van der Waals surface area contributed by atoms with Crippen LogP contribution < -0.4 is 5.32 Å².